The number of urea groups is 1. The second-order valence-corrected chi connectivity index (χ2v) is 24.7. The van der Waals surface area contributed by atoms with Crippen LogP contribution >= 0.6 is 0 Å². The quantitative estimate of drug-likeness (QED) is 0.0125. The molecule has 8 heterocycles. The van der Waals surface area contributed by atoms with Crippen LogP contribution in [0.4, 0.5) is 28.3 Å². The lowest BCUT2D eigenvalue weighted by molar-refractivity contribution is -0.293. The first-order chi connectivity index (χ1) is 54.9. The first-order valence-electron chi connectivity index (χ1n) is 34.6. The molecule has 0 unspecified atom stereocenters. The number of rotatable bonds is 43. The largest absolute Gasteiger partial charge is 0.388 e. The highest BCUT2D eigenvalue weighted by Crippen LogP contribution is 2.22. The summed E-state index contributed by atoms with van der Waals surface area (Å²) in [6.07, 6.45) is -2.30. The number of nitrogen functional groups attached to an aromatic ring is 4. The summed E-state index contributed by atoms with van der Waals surface area (Å²) in [5.41, 5.74) is 23.8. The number of imidazole rings is 2. The zero-order valence-electron chi connectivity index (χ0n) is 61.2. The topological polar surface area (TPSA) is 756 Å². The standard InChI is InChI=1S/C61H84N30O24/c1-32-48(101)49(102)50(103)56(115-32)114-11-8-90-17-33(82-83-90)16-34(74-59(107)77-42(97)26-113-15-13-111-10-5-67-41(96)25-112-14-12-110-9-4-62)55(106)91(45(100)24-85-7-3-36(64)76-61(85)109)21-40(95)71-29-87(43(98)22-84-6-2-35(63)75-60(84)108)19-39(94)70-28-86(44(99)23-89-31-73-47-52(89)79-58(66)81-54(47)105)18-37(92)68-27-69-38(93)20-88-30-72-46-51(88)78-57(65)80-53(46)104/h2-3,6-7,17,30-32,34,48-50,56,101-103H,4-5,8-16,18-29,62H2,1H3,(H,67,96)(H,68,92)(H,69,93)(H,70,94)(H,71,95)(H2,63,75,108)(H2,64,76,109)(H3,65,78,80,104)(H3,66,79,81,105)(H2,74,77,97,107)/t32-,34+,48+,49+,50-,56-/m0/s1. The summed E-state index contributed by atoms with van der Waals surface area (Å²) < 4.78 is 37.0. The molecular formula is C61H84N30O24. The van der Waals surface area contributed by atoms with Crippen LogP contribution in [0, 0.1) is 0 Å². The monoisotopic (exact) mass is 1620 g/mol. The number of hydrogen-bond donors (Lipinski definition) is 17. The van der Waals surface area contributed by atoms with Gasteiger partial charge in [0.25, 0.3) is 22.9 Å². The fourth-order valence-corrected chi connectivity index (χ4v) is 10.3. The Hall–Kier alpha value is -13.2. The molecule has 8 rings (SSSR count). The number of nitrogens with one attached hydrogen (secondary N) is 9. The number of aromatic nitrogens is 15. The van der Waals surface area contributed by atoms with Crippen molar-refractivity contribution in [1.29, 1.82) is 0 Å². The second-order valence-electron chi connectivity index (χ2n) is 24.7. The molecule has 0 aromatic carbocycles. The van der Waals surface area contributed by atoms with Crippen LogP contribution < -0.4 is 88.4 Å². The first kappa shape index (κ1) is 87.4. The fourth-order valence-electron chi connectivity index (χ4n) is 10.3. The molecule has 6 atom stereocenters. The van der Waals surface area contributed by atoms with Crippen molar-refractivity contribution in [3.05, 3.63) is 90.7 Å². The summed E-state index contributed by atoms with van der Waals surface area (Å²) >= 11 is 0. The Morgan fingerprint density at radius 2 is 1.10 bits per heavy atom. The van der Waals surface area contributed by atoms with Crippen molar-refractivity contribution >= 4 is 111 Å². The van der Waals surface area contributed by atoms with Crippen LogP contribution in [-0.2, 0) is 116 Å². The van der Waals surface area contributed by atoms with Gasteiger partial charge in [-0.3, -0.25) is 86.9 Å². The van der Waals surface area contributed by atoms with Gasteiger partial charge in [0.05, 0.1) is 97.3 Å². The maximum Gasteiger partial charge on any atom is 0.349 e. The van der Waals surface area contributed by atoms with Gasteiger partial charge in [-0.05, 0) is 19.1 Å². The van der Waals surface area contributed by atoms with Gasteiger partial charge in [-0.1, -0.05) is 5.21 Å². The number of H-pyrrole nitrogens is 2. The molecule has 12 amide bonds. The number of imide groups is 2. The van der Waals surface area contributed by atoms with Crippen molar-refractivity contribution in [2.75, 3.05) is 135 Å². The predicted molar refractivity (Wildman–Crippen MR) is 386 cm³/mol. The molecule has 0 bridgehead atoms. The van der Waals surface area contributed by atoms with Crippen LogP contribution in [0.15, 0.2) is 62.6 Å². The third-order valence-electron chi connectivity index (χ3n) is 16.1. The van der Waals surface area contributed by atoms with Crippen LogP contribution in [0.5, 0.6) is 0 Å². The highest BCUT2D eigenvalue weighted by atomic mass is 16.7. The number of nitrogens with zero attached hydrogens (tertiary/aromatic N) is 16. The van der Waals surface area contributed by atoms with E-state index in [2.05, 4.69) is 82.1 Å². The maximum absolute atomic E-state index is 15.1. The van der Waals surface area contributed by atoms with Gasteiger partial charge in [0, 0.05) is 38.1 Å². The van der Waals surface area contributed by atoms with Gasteiger partial charge >= 0.3 is 17.4 Å². The molecule has 1 saturated heterocycles. The number of nitrogens with two attached hydrogens (primary N) is 5. The van der Waals surface area contributed by atoms with E-state index in [0.29, 0.717) is 22.6 Å². The third kappa shape index (κ3) is 26.5. The average molecular weight is 1620 g/mol. The van der Waals surface area contributed by atoms with E-state index >= 15 is 4.79 Å². The predicted octanol–water partition coefficient (Wildman–Crippen LogP) is -13.5. The van der Waals surface area contributed by atoms with Crippen LogP contribution in [0.25, 0.3) is 22.3 Å². The van der Waals surface area contributed by atoms with E-state index in [1.807, 2.05) is 5.32 Å². The summed E-state index contributed by atoms with van der Waals surface area (Å²) in [5.74, 6) is -11.7. The molecule has 0 saturated carbocycles. The highest BCUT2D eigenvalue weighted by molar-refractivity contribution is 6.03. The van der Waals surface area contributed by atoms with Crippen LogP contribution in [-0.4, -0.2) is 317 Å². The van der Waals surface area contributed by atoms with E-state index in [0.717, 1.165) is 55.9 Å². The Morgan fingerprint density at radius 3 is 1.69 bits per heavy atom. The molecule has 0 aliphatic carbocycles. The SMILES string of the molecule is C[C@@H]1O[C@H](OCCn2cc(C[C@@H](NC(=O)NC(=O)COCCOCCNC(=O)COCCOCCN)C(=O)N(CC(=O)NCN(CC(=O)NCN(CC(=O)NCNC(=O)Cn3cnc4c(=O)[nH]c(N)nc43)C(=O)Cn3cnc4c(=O)[nH]c(N)nc43)C(=O)Cn3ccc(N)nc3=O)C(=O)Cn3ccc(N)nc3=O)nn2)[C@@H](O)[C@H](O)[C@@H]1O. The second kappa shape index (κ2) is 42.4. The van der Waals surface area contributed by atoms with Crippen molar-refractivity contribution in [2.24, 2.45) is 5.73 Å². The molecule has 0 spiro atoms. The Labute approximate surface area is 645 Å². The number of anilines is 4. The highest BCUT2D eigenvalue weighted by Gasteiger charge is 2.42. The fraction of sp³-hybridized carbons (Fsp3) is 0.492. The number of amides is 12. The van der Waals surface area contributed by atoms with Crippen LogP contribution in [0.2, 0.25) is 0 Å². The van der Waals surface area contributed by atoms with Gasteiger partial charge < -0.3 is 123 Å². The summed E-state index contributed by atoms with van der Waals surface area (Å²) in [7, 11) is 0. The first-order valence-corrected chi connectivity index (χ1v) is 34.6. The number of aliphatic hydroxyl groups excluding tert-OH is 3. The zero-order valence-corrected chi connectivity index (χ0v) is 61.2. The smallest absolute Gasteiger partial charge is 0.349 e. The van der Waals surface area contributed by atoms with E-state index in [-0.39, 0.29) is 116 Å². The zero-order chi connectivity index (χ0) is 83.4. The molecular weight excluding hydrogens is 1540 g/mol. The Bertz CT molecular complexity index is 4870. The summed E-state index contributed by atoms with van der Waals surface area (Å²) in [6, 6.07) is -1.17. The van der Waals surface area contributed by atoms with Gasteiger partial charge in [0.15, 0.2) is 28.6 Å². The molecule has 622 valence electrons. The minimum atomic E-state index is -2.02. The molecule has 7 aromatic rings. The molecule has 0 radical (unpaired) electrons. The van der Waals surface area contributed by atoms with Gasteiger partial charge in [-0.15, -0.1) is 5.10 Å². The number of carbonyl (C=O) groups is 11. The van der Waals surface area contributed by atoms with Crippen molar-refractivity contribution in [3.63, 3.8) is 0 Å². The van der Waals surface area contributed by atoms with Crippen molar-refractivity contribution in [3.8, 4) is 0 Å². The molecule has 22 N–H and O–H groups in total. The number of fused-ring (bicyclic) bond motifs is 2. The van der Waals surface area contributed by atoms with Crippen LogP contribution in [0.3, 0.4) is 0 Å². The molecule has 1 fully saturated rings. The number of hydrogen-bond acceptors (Lipinski definition) is 37. The molecule has 115 heavy (non-hydrogen) atoms. The molecule has 7 aromatic heterocycles. The summed E-state index contributed by atoms with van der Waals surface area (Å²) in [5, 5.41) is 55.1. The summed E-state index contributed by atoms with van der Waals surface area (Å²) in [6.45, 7) is -8.09. The van der Waals surface area contributed by atoms with Gasteiger partial charge in [0.1, 0.15) is 95.0 Å². The maximum atomic E-state index is 15.1. The Kier molecular flexibility index (Phi) is 32.2. The Morgan fingerprint density at radius 1 is 0.583 bits per heavy atom. The normalized spacial score (nSPS) is 15.4. The molecule has 1 aliphatic rings. The number of aromatic amines is 2. The lowest BCUT2D eigenvalue weighted by Crippen LogP contribution is -2.57. The van der Waals surface area contributed by atoms with Crippen molar-refractivity contribution in [1.82, 2.24) is 125 Å². The van der Waals surface area contributed by atoms with E-state index < -0.39 is 203 Å². The van der Waals surface area contributed by atoms with Crippen molar-refractivity contribution in [2.45, 2.75) is 82.8 Å². The summed E-state index contributed by atoms with van der Waals surface area (Å²) in [4.78, 5) is 232. The molecule has 54 heteroatoms. The molecule has 1 aliphatic heterocycles. The average Bonchev–Trinajstić information content (AvgIpc) is 1.73. The van der Waals surface area contributed by atoms with E-state index in [4.69, 9.17) is 57.1 Å². The minimum absolute atomic E-state index is 0.0225. The van der Waals surface area contributed by atoms with Crippen LogP contribution in [0.1, 0.15) is 12.6 Å². The third-order valence-corrected chi connectivity index (χ3v) is 16.1. The van der Waals surface area contributed by atoms with Gasteiger partial charge in [0.2, 0.25) is 59.2 Å². The van der Waals surface area contributed by atoms with E-state index in [1.54, 1.807) is 0 Å². The number of aliphatic hydroxyl groups is 3. The lowest BCUT2D eigenvalue weighted by atomic mass is 10.0. The van der Waals surface area contributed by atoms with Gasteiger partial charge in [-0.25, -0.2) is 29.0 Å². The lowest BCUT2D eigenvalue weighted by Gasteiger charge is -2.38. The van der Waals surface area contributed by atoms with Crippen molar-refractivity contribution < 1.29 is 96.5 Å². The van der Waals surface area contributed by atoms with E-state index in [9.17, 15) is 82.4 Å². The number of ether oxygens (including phenoxy) is 6. The minimum Gasteiger partial charge on any atom is -0.388 e. The molecule has 54 nitrogen and oxygen atoms in total. The van der Waals surface area contributed by atoms with Gasteiger partial charge in [-0.2, -0.15) is 19.9 Å². The number of carbonyl (C=O) groups excluding carboxylic acids is 11. The Balaban J connectivity index is 0.978. The van der Waals surface area contributed by atoms with E-state index in [1.165, 1.54) is 17.7 Å².